The van der Waals surface area contributed by atoms with Gasteiger partial charge in [0.25, 0.3) is 0 Å². The van der Waals surface area contributed by atoms with Crippen molar-refractivity contribution in [3.8, 4) is 11.4 Å². The molecule has 1 N–H and O–H groups in total. The lowest BCUT2D eigenvalue weighted by molar-refractivity contribution is 0.386. The second-order valence-electron chi connectivity index (χ2n) is 5.49. The fourth-order valence-corrected chi connectivity index (χ4v) is 3.66. The molecule has 3 rings (SSSR count). The Bertz CT molecular complexity index is 1010. The number of methoxy groups -OCH3 is 1. The van der Waals surface area contributed by atoms with E-state index in [4.69, 9.17) is 4.74 Å². The third-order valence-electron chi connectivity index (χ3n) is 3.75. The molecule has 0 bridgehead atoms. The highest BCUT2D eigenvalue weighted by Gasteiger charge is 2.20. The normalized spacial score (nSPS) is 12.7. The smallest absolute Gasteiger partial charge is 0.241 e. The van der Waals surface area contributed by atoms with Gasteiger partial charge in [0.05, 0.1) is 17.7 Å². The van der Waals surface area contributed by atoms with Crippen molar-refractivity contribution < 1.29 is 17.5 Å². The summed E-state index contributed by atoms with van der Waals surface area (Å²) in [6.07, 6.45) is 1.36. The quantitative estimate of drug-likeness (QED) is 0.704. The first-order valence-corrected chi connectivity index (χ1v) is 9.08. The summed E-state index contributed by atoms with van der Waals surface area (Å²) in [6, 6.07) is 9.82. The zero-order valence-electron chi connectivity index (χ0n) is 14.0. The van der Waals surface area contributed by atoms with Crippen molar-refractivity contribution in [2.45, 2.75) is 17.9 Å². The maximum absolute atomic E-state index is 13.9. The van der Waals surface area contributed by atoms with Gasteiger partial charge in [0.2, 0.25) is 10.0 Å². The van der Waals surface area contributed by atoms with Crippen LogP contribution in [0, 0.1) is 5.82 Å². The molecule has 1 atom stereocenters. The maximum Gasteiger partial charge on any atom is 0.241 e. The molecule has 0 amide bonds. The molecule has 0 aliphatic rings. The Labute approximate surface area is 149 Å². The lowest BCUT2D eigenvalue weighted by atomic mass is 10.1. The minimum absolute atomic E-state index is 0.0475. The molecule has 1 heterocycles. The topological polar surface area (TPSA) is 99.0 Å². The standard InChI is InChI=1S/C16H16FN5O3S/c1-11(12-6-7-16(25-2)15(17)8-12)19-26(23,24)14-5-3-4-13(9-14)22-10-18-20-21-22/h3-11,19H,1-2H3. The fraction of sp³-hybridized carbons (Fsp3) is 0.188. The van der Waals surface area contributed by atoms with Gasteiger partial charge in [0.1, 0.15) is 6.33 Å². The number of tetrazole rings is 1. The largest absolute Gasteiger partial charge is 0.494 e. The molecular formula is C16H16FN5O3S. The molecule has 0 radical (unpaired) electrons. The van der Waals surface area contributed by atoms with Crippen LogP contribution in [0.25, 0.3) is 5.69 Å². The van der Waals surface area contributed by atoms with Crippen LogP contribution in [0.5, 0.6) is 5.75 Å². The number of halogens is 1. The van der Waals surface area contributed by atoms with Crippen molar-refractivity contribution in [2.24, 2.45) is 0 Å². The molecule has 8 nitrogen and oxygen atoms in total. The first kappa shape index (κ1) is 18.0. The Morgan fingerprint density at radius 2 is 2.04 bits per heavy atom. The second-order valence-corrected chi connectivity index (χ2v) is 7.20. The highest BCUT2D eigenvalue weighted by atomic mass is 32.2. The minimum atomic E-state index is -3.84. The molecule has 26 heavy (non-hydrogen) atoms. The summed E-state index contributed by atoms with van der Waals surface area (Å²) in [6.45, 7) is 1.63. The van der Waals surface area contributed by atoms with E-state index in [0.29, 0.717) is 11.3 Å². The van der Waals surface area contributed by atoms with Crippen molar-refractivity contribution in [1.82, 2.24) is 24.9 Å². The zero-order valence-corrected chi connectivity index (χ0v) is 14.8. The first-order chi connectivity index (χ1) is 12.4. The summed E-state index contributed by atoms with van der Waals surface area (Å²) in [5.41, 5.74) is 0.976. The monoisotopic (exact) mass is 377 g/mol. The highest BCUT2D eigenvalue weighted by molar-refractivity contribution is 7.89. The van der Waals surface area contributed by atoms with Crippen LogP contribution in [0.4, 0.5) is 4.39 Å². The molecule has 0 spiro atoms. The van der Waals surface area contributed by atoms with Crippen LogP contribution in [-0.2, 0) is 10.0 Å². The molecule has 10 heteroatoms. The van der Waals surface area contributed by atoms with Crippen molar-refractivity contribution in [3.05, 3.63) is 60.2 Å². The molecule has 1 aromatic heterocycles. The molecule has 0 aliphatic heterocycles. The predicted octanol–water partition coefficient (Wildman–Crippen LogP) is 1.85. The molecule has 136 valence electrons. The van der Waals surface area contributed by atoms with Gasteiger partial charge in [-0.25, -0.2) is 22.2 Å². The molecular weight excluding hydrogens is 361 g/mol. The van der Waals surface area contributed by atoms with E-state index in [0.717, 1.165) is 0 Å². The minimum Gasteiger partial charge on any atom is -0.494 e. The number of rotatable bonds is 6. The van der Waals surface area contributed by atoms with E-state index < -0.39 is 21.9 Å². The average Bonchev–Trinajstić information content (AvgIpc) is 3.16. The van der Waals surface area contributed by atoms with E-state index in [1.54, 1.807) is 25.1 Å². The summed E-state index contributed by atoms with van der Waals surface area (Å²) in [5, 5.41) is 10.8. The van der Waals surface area contributed by atoms with Crippen LogP contribution in [0.3, 0.4) is 0 Å². The number of sulfonamides is 1. The molecule has 0 saturated heterocycles. The molecule has 3 aromatic rings. The summed E-state index contributed by atoms with van der Waals surface area (Å²) < 4.78 is 47.9. The molecule has 0 fully saturated rings. The number of hydrogen-bond acceptors (Lipinski definition) is 6. The van der Waals surface area contributed by atoms with Gasteiger partial charge in [0.15, 0.2) is 11.6 Å². The van der Waals surface area contributed by atoms with Gasteiger partial charge in [-0.2, -0.15) is 0 Å². The van der Waals surface area contributed by atoms with Gasteiger partial charge >= 0.3 is 0 Å². The molecule has 0 saturated carbocycles. The average molecular weight is 377 g/mol. The molecule has 0 aliphatic carbocycles. The van der Waals surface area contributed by atoms with Crippen molar-refractivity contribution in [3.63, 3.8) is 0 Å². The first-order valence-electron chi connectivity index (χ1n) is 7.60. The van der Waals surface area contributed by atoms with E-state index in [-0.39, 0.29) is 10.6 Å². The SMILES string of the molecule is COc1ccc(C(C)NS(=O)(=O)c2cccc(-n3cnnn3)c2)cc1F. The van der Waals surface area contributed by atoms with Crippen LogP contribution in [-0.4, -0.2) is 35.7 Å². The second kappa shape index (κ2) is 7.18. The summed E-state index contributed by atoms with van der Waals surface area (Å²) in [7, 11) is -2.47. The summed E-state index contributed by atoms with van der Waals surface area (Å²) in [5.74, 6) is -0.463. The summed E-state index contributed by atoms with van der Waals surface area (Å²) >= 11 is 0. The van der Waals surface area contributed by atoms with Crippen LogP contribution >= 0.6 is 0 Å². The van der Waals surface area contributed by atoms with Gasteiger partial charge < -0.3 is 4.74 Å². The Balaban J connectivity index is 1.85. The number of aromatic nitrogens is 4. The fourth-order valence-electron chi connectivity index (χ4n) is 2.39. The number of nitrogens with one attached hydrogen (secondary N) is 1. The number of nitrogens with zero attached hydrogens (tertiary/aromatic N) is 4. The molecule has 1 unspecified atom stereocenters. The third-order valence-corrected chi connectivity index (χ3v) is 5.29. The number of hydrogen-bond donors (Lipinski definition) is 1. The Kier molecular flexibility index (Phi) is 4.96. The van der Waals surface area contributed by atoms with Crippen molar-refractivity contribution >= 4 is 10.0 Å². The van der Waals surface area contributed by atoms with E-state index >= 15 is 0 Å². The summed E-state index contributed by atoms with van der Waals surface area (Å²) in [4.78, 5) is 0.0475. The highest BCUT2D eigenvalue weighted by Crippen LogP contribution is 2.23. The van der Waals surface area contributed by atoms with Crippen molar-refractivity contribution in [1.29, 1.82) is 0 Å². The van der Waals surface area contributed by atoms with Crippen LogP contribution in [0.1, 0.15) is 18.5 Å². The van der Waals surface area contributed by atoms with Gasteiger partial charge in [-0.15, -0.1) is 5.10 Å². The van der Waals surface area contributed by atoms with Crippen molar-refractivity contribution in [2.75, 3.05) is 7.11 Å². The van der Waals surface area contributed by atoms with Crippen LogP contribution < -0.4 is 9.46 Å². The zero-order chi connectivity index (χ0) is 18.7. The third kappa shape index (κ3) is 3.70. The maximum atomic E-state index is 13.9. The van der Waals surface area contributed by atoms with Crippen LogP contribution in [0.15, 0.2) is 53.7 Å². The predicted molar refractivity (Wildman–Crippen MR) is 90.8 cm³/mol. The van der Waals surface area contributed by atoms with Crippen LogP contribution in [0.2, 0.25) is 0 Å². The van der Waals surface area contributed by atoms with E-state index in [9.17, 15) is 12.8 Å². The van der Waals surface area contributed by atoms with E-state index in [1.807, 2.05) is 0 Å². The lowest BCUT2D eigenvalue weighted by Gasteiger charge is -2.16. The number of benzene rings is 2. The van der Waals surface area contributed by atoms with E-state index in [1.165, 1.54) is 42.4 Å². The van der Waals surface area contributed by atoms with Gasteiger partial charge in [-0.1, -0.05) is 12.1 Å². The van der Waals surface area contributed by atoms with E-state index in [2.05, 4.69) is 20.2 Å². The van der Waals surface area contributed by atoms with Gasteiger partial charge in [-0.3, -0.25) is 0 Å². The Hall–Kier alpha value is -2.85. The lowest BCUT2D eigenvalue weighted by Crippen LogP contribution is -2.27. The number of ether oxygens (including phenoxy) is 1. The van der Waals surface area contributed by atoms with Gasteiger partial charge in [0, 0.05) is 6.04 Å². The van der Waals surface area contributed by atoms with Gasteiger partial charge in [-0.05, 0) is 53.2 Å². The molecule has 2 aromatic carbocycles. The Morgan fingerprint density at radius 1 is 1.23 bits per heavy atom. The Morgan fingerprint density at radius 3 is 2.69 bits per heavy atom.